The van der Waals surface area contributed by atoms with Crippen LogP contribution in [0, 0.1) is 0 Å². The lowest BCUT2D eigenvalue weighted by Gasteiger charge is -2.00. The van der Waals surface area contributed by atoms with Crippen LogP contribution in [0.3, 0.4) is 0 Å². The molecule has 0 spiro atoms. The molecule has 0 bridgehead atoms. The Hall–Kier alpha value is -0.620. The molecule has 0 saturated heterocycles. The van der Waals surface area contributed by atoms with Gasteiger partial charge >= 0.3 is 0 Å². The van der Waals surface area contributed by atoms with Crippen molar-refractivity contribution >= 4 is 61.5 Å². The molecule has 0 aliphatic carbocycles. The summed E-state index contributed by atoms with van der Waals surface area (Å²) in [5.41, 5.74) is 1.63. The number of carbonyl (C=O) groups is 1. The van der Waals surface area contributed by atoms with Crippen LogP contribution in [0.25, 0.3) is 11.3 Å². The summed E-state index contributed by atoms with van der Waals surface area (Å²) in [6, 6.07) is 5.32. The van der Waals surface area contributed by atoms with Crippen LogP contribution >= 0.6 is 50.5 Å². The molecule has 100 valence electrons. The minimum atomic E-state index is -0.0630. The van der Waals surface area contributed by atoms with Crippen LogP contribution in [-0.2, 0) is 4.79 Å². The van der Waals surface area contributed by atoms with Crippen LogP contribution in [0.2, 0.25) is 10.0 Å². The molecule has 0 aliphatic rings. The molecule has 1 amide bonds. The van der Waals surface area contributed by atoms with Crippen LogP contribution < -0.4 is 5.32 Å². The van der Waals surface area contributed by atoms with E-state index in [2.05, 4.69) is 26.2 Å². The average molecular weight is 380 g/mol. The van der Waals surface area contributed by atoms with Crippen molar-refractivity contribution in [1.29, 1.82) is 0 Å². The van der Waals surface area contributed by atoms with E-state index in [1.807, 2.05) is 11.4 Å². The Morgan fingerprint density at radius 1 is 1.37 bits per heavy atom. The number of hydrogen-bond acceptors (Lipinski definition) is 3. The van der Waals surface area contributed by atoms with Crippen molar-refractivity contribution in [3.05, 3.63) is 33.6 Å². The maximum Gasteiger partial charge on any atom is 0.226 e. The Bertz CT molecular complexity index is 603. The molecule has 7 heteroatoms. The van der Waals surface area contributed by atoms with Gasteiger partial charge in [-0.2, -0.15) is 0 Å². The number of halogens is 3. The summed E-state index contributed by atoms with van der Waals surface area (Å²) >= 11 is 16.4. The quantitative estimate of drug-likeness (QED) is 0.772. The minimum absolute atomic E-state index is 0.0630. The van der Waals surface area contributed by atoms with E-state index in [0.717, 1.165) is 11.3 Å². The van der Waals surface area contributed by atoms with Crippen molar-refractivity contribution in [1.82, 2.24) is 4.98 Å². The molecule has 1 aromatic carbocycles. The first-order valence-corrected chi connectivity index (χ1v) is 8.12. The molecular formula is C12H9BrCl2N2OS. The molecule has 1 N–H and O–H groups in total. The number of carbonyl (C=O) groups excluding carboxylic acids is 1. The van der Waals surface area contributed by atoms with E-state index in [-0.39, 0.29) is 5.91 Å². The number of amides is 1. The molecular weight excluding hydrogens is 371 g/mol. The molecule has 0 unspecified atom stereocenters. The SMILES string of the molecule is O=C(CCBr)Nc1nc(-c2ccc(Cl)c(Cl)c2)cs1. The molecule has 1 heterocycles. The van der Waals surface area contributed by atoms with Crippen LogP contribution in [-0.4, -0.2) is 16.2 Å². The second-order valence-electron chi connectivity index (χ2n) is 3.65. The Labute approximate surface area is 133 Å². The molecule has 0 atom stereocenters. The molecule has 3 nitrogen and oxygen atoms in total. The van der Waals surface area contributed by atoms with Gasteiger partial charge in [0.1, 0.15) is 0 Å². The lowest BCUT2D eigenvalue weighted by molar-refractivity contribution is -0.115. The van der Waals surface area contributed by atoms with E-state index in [1.54, 1.807) is 12.1 Å². The number of aromatic nitrogens is 1. The number of alkyl halides is 1. The fourth-order valence-corrected chi connectivity index (χ4v) is 2.78. The molecule has 19 heavy (non-hydrogen) atoms. The van der Waals surface area contributed by atoms with E-state index in [1.165, 1.54) is 11.3 Å². The van der Waals surface area contributed by atoms with E-state index >= 15 is 0 Å². The monoisotopic (exact) mass is 378 g/mol. The molecule has 0 radical (unpaired) electrons. The number of anilines is 1. The molecule has 0 saturated carbocycles. The van der Waals surface area contributed by atoms with Gasteiger partial charge in [-0.1, -0.05) is 45.2 Å². The number of benzene rings is 1. The number of nitrogens with zero attached hydrogens (tertiary/aromatic N) is 1. The second-order valence-corrected chi connectivity index (χ2v) is 6.12. The summed E-state index contributed by atoms with van der Waals surface area (Å²) < 4.78 is 0. The molecule has 1 aromatic heterocycles. The zero-order valence-electron chi connectivity index (χ0n) is 9.62. The van der Waals surface area contributed by atoms with E-state index in [4.69, 9.17) is 23.2 Å². The first-order valence-electron chi connectivity index (χ1n) is 5.37. The highest BCUT2D eigenvalue weighted by Gasteiger charge is 2.08. The van der Waals surface area contributed by atoms with Crippen LogP contribution in [0.1, 0.15) is 6.42 Å². The maximum absolute atomic E-state index is 11.4. The average Bonchev–Trinajstić information content (AvgIpc) is 2.81. The van der Waals surface area contributed by atoms with Gasteiger partial charge in [-0.05, 0) is 12.1 Å². The number of hydrogen-bond donors (Lipinski definition) is 1. The number of nitrogens with one attached hydrogen (secondary N) is 1. The van der Waals surface area contributed by atoms with Gasteiger partial charge in [-0.15, -0.1) is 11.3 Å². The largest absolute Gasteiger partial charge is 0.302 e. The third-order valence-corrected chi connectivity index (χ3v) is 4.18. The van der Waals surface area contributed by atoms with Crippen molar-refractivity contribution in [3.8, 4) is 11.3 Å². The van der Waals surface area contributed by atoms with Crippen molar-refractivity contribution < 1.29 is 4.79 Å². The normalized spacial score (nSPS) is 10.5. The predicted molar refractivity (Wildman–Crippen MR) is 84.6 cm³/mol. The third-order valence-electron chi connectivity index (χ3n) is 2.29. The summed E-state index contributed by atoms with van der Waals surface area (Å²) in [5.74, 6) is -0.0630. The predicted octanol–water partition coefficient (Wildman–Crippen LogP) is 4.84. The second kappa shape index (κ2) is 6.70. The van der Waals surface area contributed by atoms with Crippen molar-refractivity contribution in [2.45, 2.75) is 6.42 Å². The van der Waals surface area contributed by atoms with Gasteiger partial charge < -0.3 is 5.32 Å². The Kier molecular flexibility index (Phi) is 5.21. The molecule has 0 fully saturated rings. The summed E-state index contributed by atoms with van der Waals surface area (Å²) in [4.78, 5) is 15.8. The Balaban J connectivity index is 2.16. The van der Waals surface area contributed by atoms with Gasteiger partial charge in [0.15, 0.2) is 5.13 Å². The molecule has 0 aliphatic heterocycles. The fraction of sp³-hybridized carbons (Fsp3) is 0.167. The summed E-state index contributed by atoms with van der Waals surface area (Å²) in [5, 5.41) is 6.80. The number of rotatable bonds is 4. The van der Waals surface area contributed by atoms with Crippen LogP contribution in [0.4, 0.5) is 5.13 Å². The van der Waals surface area contributed by atoms with Crippen molar-refractivity contribution in [2.24, 2.45) is 0 Å². The first-order chi connectivity index (χ1) is 9.10. The van der Waals surface area contributed by atoms with Gasteiger partial charge in [0.2, 0.25) is 5.91 Å². The van der Waals surface area contributed by atoms with Crippen molar-refractivity contribution in [3.63, 3.8) is 0 Å². The zero-order valence-corrected chi connectivity index (χ0v) is 13.5. The maximum atomic E-state index is 11.4. The van der Waals surface area contributed by atoms with Crippen molar-refractivity contribution in [2.75, 3.05) is 10.6 Å². The lowest BCUT2D eigenvalue weighted by atomic mass is 10.2. The van der Waals surface area contributed by atoms with E-state index in [9.17, 15) is 4.79 Å². The minimum Gasteiger partial charge on any atom is -0.302 e. The van der Waals surface area contributed by atoms with E-state index < -0.39 is 0 Å². The first kappa shape index (κ1) is 14.8. The third kappa shape index (κ3) is 3.92. The highest BCUT2D eigenvalue weighted by atomic mass is 79.9. The lowest BCUT2D eigenvalue weighted by Crippen LogP contribution is -2.11. The Morgan fingerprint density at radius 2 is 2.16 bits per heavy atom. The fourth-order valence-electron chi connectivity index (χ4n) is 1.39. The van der Waals surface area contributed by atoms with Gasteiger partial charge in [0.05, 0.1) is 15.7 Å². The van der Waals surface area contributed by atoms with E-state index in [0.29, 0.717) is 26.9 Å². The van der Waals surface area contributed by atoms with Crippen LogP contribution in [0.15, 0.2) is 23.6 Å². The van der Waals surface area contributed by atoms with Gasteiger partial charge in [0.25, 0.3) is 0 Å². The standard InChI is InChI=1S/C12H9BrCl2N2OS/c13-4-3-11(18)17-12-16-10(6-19-12)7-1-2-8(14)9(15)5-7/h1-2,5-6H,3-4H2,(H,16,17,18). The summed E-state index contributed by atoms with van der Waals surface area (Å²) in [6.07, 6.45) is 0.418. The highest BCUT2D eigenvalue weighted by molar-refractivity contribution is 9.09. The van der Waals surface area contributed by atoms with Crippen LogP contribution in [0.5, 0.6) is 0 Å². The summed E-state index contributed by atoms with van der Waals surface area (Å²) in [7, 11) is 0. The highest BCUT2D eigenvalue weighted by Crippen LogP contribution is 2.30. The van der Waals surface area contributed by atoms with Gasteiger partial charge in [0, 0.05) is 22.7 Å². The summed E-state index contributed by atoms with van der Waals surface area (Å²) in [6.45, 7) is 0. The molecule has 2 rings (SSSR count). The smallest absolute Gasteiger partial charge is 0.226 e. The zero-order chi connectivity index (χ0) is 13.8. The van der Waals surface area contributed by atoms with Gasteiger partial charge in [-0.25, -0.2) is 4.98 Å². The van der Waals surface area contributed by atoms with Gasteiger partial charge in [-0.3, -0.25) is 4.79 Å². The topological polar surface area (TPSA) is 42.0 Å². The molecule has 2 aromatic rings. The number of thiazole rings is 1. The Morgan fingerprint density at radius 3 is 2.84 bits per heavy atom.